The van der Waals surface area contributed by atoms with Gasteiger partial charge in [-0.2, -0.15) is 0 Å². The Hall–Kier alpha value is -2.76. The number of aromatic nitrogens is 2. The largest absolute Gasteiger partial charge is 0.390 e. The van der Waals surface area contributed by atoms with Gasteiger partial charge in [0.25, 0.3) is 5.91 Å². The van der Waals surface area contributed by atoms with E-state index in [-0.39, 0.29) is 12.5 Å². The summed E-state index contributed by atoms with van der Waals surface area (Å²) in [5, 5.41) is 12.4. The number of benzene rings is 1. The van der Waals surface area contributed by atoms with Gasteiger partial charge in [0.05, 0.1) is 17.9 Å². The van der Waals surface area contributed by atoms with Gasteiger partial charge in [0.1, 0.15) is 5.82 Å². The van der Waals surface area contributed by atoms with Crippen molar-refractivity contribution in [2.75, 3.05) is 5.32 Å². The first-order chi connectivity index (χ1) is 12.1. The van der Waals surface area contributed by atoms with Crippen molar-refractivity contribution >= 4 is 23.3 Å². The van der Waals surface area contributed by atoms with Crippen LogP contribution in [0.25, 0.3) is 0 Å². The maximum absolute atomic E-state index is 12.2. The van der Waals surface area contributed by atoms with E-state index in [1.54, 1.807) is 24.4 Å². The number of hydrogen-bond acceptors (Lipinski definition) is 4. The highest BCUT2D eigenvalue weighted by Crippen LogP contribution is 2.15. The second-order valence-electron chi connectivity index (χ2n) is 5.51. The van der Waals surface area contributed by atoms with Gasteiger partial charge in [-0.25, -0.2) is 4.98 Å². The van der Waals surface area contributed by atoms with Crippen LogP contribution in [0.4, 0.5) is 5.82 Å². The zero-order valence-electron chi connectivity index (χ0n) is 13.3. The molecule has 0 unspecified atom stereocenters. The monoisotopic (exact) mass is 353 g/mol. The third-order valence-electron chi connectivity index (χ3n) is 3.61. The zero-order valence-corrected chi connectivity index (χ0v) is 14.1. The number of halogens is 1. The highest BCUT2D eigenvalue weighted by molar-refractivity contribution is 6.30. The second kappa shape index (κ2) is 7.88. The number of nitrogens with zero attached hydrogens (tertiary/aromatic N) is 2. The quantitative estimate of drug-likeness (QED) is 0.736. The van der Waals surface area contributed by atoms with Crippen LogP contribution in [-0.4, -0.2) is 21.0 Å². The number of carbonyl (C=O) groups is 1. The number of rotatable bonds is 5. The first kappa shape index (κ1) is 17.1. The minimum Gasteiger partial charge on any atom is -0.390 e. The molecule has 6 heteroatoms. The Morgan fingerprint density at radius 2 is 1.92 bits per heavy atom. The maximum atomic E-state index is 12.2. The summed E-state index contributed by atoms with van der Waals surface area (Å²) in [7, 11) is 0. The third-order valence-corrected chi connectivity index (χ3v) is 3.85. The van der Waals surface area contributed by atoms with E-state index in [4.69, 9.17) is 16.7 Å². The summed E-state index contributed by atoms with van der Waals surface area (Å²) in [4.78, 5) is 20.4. The molecule has 2 heterocycles. The molecule has 1 amide bonds. The molecule has 2 aromatic heterocycles. The average Bonchev–Trinajstić information content (AvgIpc) is 2.63. The van der Waals surface area contributed by atoms with Gasteiger partial charge in [-0.05, 0) is 47.9 Å². The lowest BCUT2D eigenvalue weighted by Gasteiger charge is -2.06. The number of nitrogens with one attached hydrogen (secondary N) is 1. The highest BCUT2D eigenvalue weighted by Gasteiger charge is 2.08. The molecule has 0 fully saturated rings. The van der Waals surface area contributed by atoms with Crippen molar-refractivity contribution in [1.29, 1.82) is 0 Å². The maximum Gasteiger partial charge on any atom is 0.258 e. The van der Waals surface area contributed by atoms with E-state index < -0.39 is 0 Å². The van der Waals surface area contributed by atoms with Gasteiger partial charge >= 0.3 is 0 Å². The summed E-state index contributed by atoms with van der Waals surface area (Å²) in [6, 6.07) is 14.6. The topological polar surface area (TPSA) is 75.1 Å². The first-order valence-corrected chi connectivity index (χ1v) is 8.08. The first-order valence-electron chi connectivity index (χ1n) is 7.70. The van der Waals surface area contributed by atoms with E-state index >= 15 is 0 Å². The van der Waals surface area contributed by atoms with Crippen LogP contribution in [-0.2, 0) is 13.0 Å². The molecule has 0 aliphatic carbocycles. The predicted octanol–water partition coefficient (Wildman–Crippen LogP) is 3.47. The van der Waals surface area contributed by atoms with Crippen molar-refractivity contribution in [1.82, 2.24) is 9.97 Å². The van der Waals surface area contributed by atoms with E-state index in [0.29, 0.717) is 28.5 Å². The minimum atomic E-state index is -0.299. The third kappa shape index (κ3) is 4.62. The van der Waals surface area contributed by atoms with Crippen LogP contribution in [0.3, 0.4) is 0 Å². The molecule has 2 N–H and O–H groups in total. The fraction of sp³-hybridized carbons (Fsp3) is 0.105. The Morgan fingerprint density at radius 3 is 2.56 bits per heavy atom. The molecule has 5 nitrogen and oxygen atoms in total. The van der Waals surface area contributed by atoms with Crippen molar-refractivity contribution in [3.63, 3.8) is 0 Å². The molecule has 0 radical (unpaired) electrons. The molecule has 25 heavy (non-hydrogen) atoms. The molecule has 1 aromatic carbocycles. The molecular weight excluding hydrogens is 338 g/mol. The number of amides is 1. The Kier molecular flexibility index (Phi) is 5.38. The molecule has 0 spiro atoms. The Morgan fingerprint density at radius 1 is 1.04 bits per heavy atom. The Labute approximate surface area is 150 Å². The summed E-state index contributed by atoms with van der Waals surface area (Å²) in [6.45, 7) is -0.155. The predicted molar refractivity (Wildman–Crippen MR) is 96.6 cm³/mol. The van der Waals surface area contributed by atoms with Gasteiger partial charge in [0, 0.05) is 17.4 Å². The second-order valence-corrected chi connectivity index (χ2v) is 5.95. The van der Waals surface area contributed by atoms with E-state index in [1.165, 1.54) is 6.20 Å². The standard InChI is InChI=1S/C19H16ClN3O2/c20-16-3-1-2-13(9-16)8-14-4-7-18(22-10-14)23-19(25)15-5-6-17(12-24)21-11-15/h1-7,9-11,24H,8,12H2,(H,22,23,25). The van der Waals surface area contributed by atoms with Gasteiger partial charge < -0.3 is 10.4 Å². The van der Waals surface area contributed by atoms with E-state index in [2.05, 4.69) is 15.3 Å². The van der Waals surface area contributed by atoms with Crippen LogP contribution in [0.5, 0.6) is 0 Å². The lowest BCUT2D eigenvalue weighted by atomic mass is 10.1. The van der Waals surface area contributed by atoms with Gasteiger partial charge in [0.15, 0.2) is 0 Å². The molecule has 0 saturated heterocycles. The van der Waals surface area contributed by atoms with Gasteiger partial charge in [0.2, 0.25) is 0 Å². The Bertz CT molecular complexity index is 865. The molecule has 126 valence electrons. The smallest absolute Gasteiger partial charge is 0.258 e. The van der Waals surface area contributed by atoms with Crippen molar-refractivity contribution in [2.24, 2.45) is 0 Å². The summed E-state index contributed by atoms with van der Waals surface area (Å²) >= 11 is 5.99. The van der Waals surface area contributed by atoms with E-state index in [1.807, 2.05) is 30.3 Å². The average molecular weight is 354 g/mol. The zero-order chi connectivity index (χ0) is 17.6. The normalized spacial score (nSPS) is 10.5. The van der Waals surface area contributed by atoms with Crippen molar-refractivity contribution in [2.45, 2.75) is 13.0 Å². The summed E-state index contributed by atoms with van der Waals surface area (Å²) in [5.74, 6) is 0.165. The lowest BCUT2D eigenvalue weighted by molar-refractivity contribution is 0.102. The molecule has 0 aliphatic rings. The van der Waals surface area contributed by atoms with Crippen LogP contribution in [0, 0.1) is 0 Å². The summed E-state index contributed by atoms with van der Waals surface area (Å²) in [6.07, 6.45) is 3.87. The molecule has 0 saturated carbocycles. The fourth-order valence-corrected chi connectivity index (χ4v) is 2.54. The number of hydrogen-bond donors (Lipinski definition) is 2. The number of carbonyl (C=O) groups excluding carboxylic acids is 1. The van der Waals surface area contributed by atoms with Crippen LogP contribution >= 0.6 is 11.6 Å². The van der Waals surface area contributed by atoms with E-state index in [9.17, 15) is 4.79 Å². The lowest BCUT2D eigenvalue weighted by Crippen LogP contribution is -2.13. The molecular formula is C19H16ClN3O2. The van der Waals surface area contributed by atoms with E-state index in [0.717, 1.165) is 11.1 Å². The van der Waals surface area contributed by atoms with Gasteiger partial charge in [-0.3, -0.25) is 9.78 Å². The van der Waals surface area contributed by atoms with Gasteiger partial charge in [-0.1, -0.05) is 29.8 Å². The van der Waals surface area contributed by atoms with Gasteiger partial charge in [-0.15, -0.1) is 0 Å². The number of aliphatic hydroxyl groups excluding tert-OH is 1. The van der Waals surface area contributed by atoms with Crippen molar-refractivity contribution in [3.05, 3.63) is 88.3 Å². The summed E-state index contributed by atoms with van der Waals surface area (Å²) in [5.41, 5.74) is 3.04. The molecule has 3 aromatic rings. The van der Waals surface area contributed by atoms with Crippen LogP contribution in [0.1, 0.15) is 27.2 Å². The van der Waals surface area contributed by atoms with Crippen molar-refractivity contribution < 1.29 is 9.90 Å². The highest BCUT2D eigenvalue weighted by atomic mass is 35.5. The Balaban J connectivity index is 1.64. The summed E-state index contributed by atoms with van der Waals surface area (Å²) < 4.78 is 0. The molecule has 0 bridgehead atoms. The molecule has 3 rings (SSSR count). The van der Waals surface area contributed by atoms with Crippen LogP contribution < -0.4 is 5.32 Å². The van der Waals surface area contributed by atoms with Crippen molar-refractivity contribution in [3.8, 4) is 0 Å². The number of pyridine rings is 2. The van der Waals surface area contributed by atoms with Crippen LogP contribution in [0.2, 0.25) is 5.02 Å². The molecule has 0 atom stereocenters. The number of anilines is 1. The van der Waals surface area contributed by atoms with Crippen LogP contribution in [0.15, 0.2) is 60.9 Å². The minimum absolute atomic E-state index is 0.155. The SMILES string of the molecule is O=C(Nc1ccc(Cc2cccc(Cl)c2)cn1)c1ccc(CO)nc1. The molecule has 0 aliphatic heterocycles. The number of aliphatic hydroxyl groups is 1. The fourth-order valence-electron chi connectivity index (χ4n) is 2.33.